The summed E-state index contributed by atoms with van der Waals surface area (Å²) in [5, 5.41) is 16.3. The normalized spacial score (nSPS) is 11.4. The molecule has 2 N–H and O–H groups in total. The van der Waals surface area contributed by atoms with Crippen LogP contribution in [-0.2, 0) is 17.8 Å². The van der Waals surface area contributed by atoms with Crippen molar-refractivity contribution < 1.29 is 19.4 Å². The highest BCUT2D eigenvalue weighted by molar-refractivity contribution is 5.81. The summed E-state index contributed by atoms with van der Waals surface area (Å²) in [7, 11) is 1.56. The lowest BCUT2D eigenvalue weighted by Crippen LogP contribution is -2.51. The molecule has 1 atom stereocenters. The van der Waals surface area contributed by atoms with E-state index >= 15 is 0 Å². The maximum Gasteiger partial charge on any atom is 0.315 e. The molecule has 0 radical (unpaired) electrons. The maximum atomic E-state index is 11.9. The van der Waals surface area contributed by atoms with E-state index in [0.717, 1.165) is 11.1 Å². The van der Waals surface area contributed by atoms with Crippen molar-refractivity contribution >= 4 is 12.0 Å². The number of nitrogens with one attached hydrogen (secondary N) is 2. The molecule has 2 rings (SSSR count). The zero-order valence-corrected chi connectivity index (χ0v) is 13.3. The fraction of sp³-hybridized carbons (Fsp3) is 0.222. The van der Waals surface area contributed by atoms with Crippen LogP contribution < -0.4 is 20.5 Å². The molecule has 0 saturated carbocycles. The molecule has 6 heteroatoms. The molecule has 0 aliphatic carbocycles. The number of carbonyl (C=O) groups excluding carboxylic acids is 2. The maximum absolute atomic E-state index is 11.9. The summed E-state index contributed by atoms with van der Waals surface area (Å²) in [5.74, 6) is -0.637. The van der Waals surface area contributed by atoms with E-state index in [-0.39, 0.29) is 13.0 Å². The van der Waals surface area contributed by atoms with Crippen LogP contribution in [-0.4, -0.2) is 25.2 Å². The highest BCUT2D eigenvalue weighted by atomic mass is 16.5. The van der Waals surface area contributed by atoms with Gasteiger partial charge < -0.3 is 25.3 Å². The van der Waals surface area contributed by atoms with Crippen molar-refractivity contribution in [1.29, 1.82) is 0 Å². The molecule has 6 nitrogen and oxygen atoms in total. The molecule has 126 valence electrons. The summed E-state index contributed by atoms with van der Waals surface area (Å²) in [5.41, 5.74) is 1.65. The predicted octanol–water partition coefficient (Wildman–Crippen LogP) is 0.856. The Morgan fingerprint density at radius 1 is 1.08 bits per heavy atom. The van der Waals surface area contributed by atoms with E-state index in [1.165, 1.54) is 0 Å². The lowest BCUT2D eigenvalue weighted by Gasteiger charge is -2.20. The minimum Gasteiger partial charge on any atom is -0.548 e. The molecule has 0 aliphatic heterocycles. The third-order valence-electron chi connectivity index (χ3n) is 3.46. The molecule has 0 fully saturated rings. The van der Waals surface area contributed by atoms with Crippen LogP contribution in [0.5, 0.6) is 5.75 Å². The third-order valence-corrected chi connectivity index (χ3v) is 3.46. The number of carbonyl (C=O) groups is 2. The van der Waals surface area contributed by atoms with Gasteiger partial charge in [0.05, 0.1) is 19.1 Å². The van der Waals surface area contributed by atoms with Crippen LogP contribution in [0.15, 0.2) is 54.6 Å². The van der Waals surface area contributed by atoms with Gasteiger partial charge in [0.1, 0.15) is 5.75 Å². The molecule has 0 aliphatic rings. The van der Waals surface area contributed by atoms with Crippen LogP contribution in [0.1, 0.15) is 11.1 Å². The van der Waals surface area contributed by atoms with Crippen LogP contribution in [0.3, 0.4) is 0 Å². The van der Waals surface area contributed by atoms with Crippen LogP contribution in [0.25, 0.3) is 0 Å². The van der Waals surface area contributed by atoms with E-state index in [1.807, 2.05) is 30.3 Å². The van der Waals surface area contributed by atoms with Gasteiger partial charge in [-0.25, -0.2) is 4.79 Å². The van der Waals surface area contributed by atoms with Crippen molar-refractivity contribution in [2.75, 3.05) is 7.11 Å². The first-order valence-electron chi connectivity index (χ1n) is 7.50. The highest BCUT2D eigenvalue weighted by Crippen LogP contribution is 2.12. The largest absolute Gasteiger partial charge is 0.548 e. The highest BCUT2D eigenvalue weighted by Gasteiger charge is 2.14. The van der Waals surface area contributed by atoms with E-state index in [1.54, 1.807) is 31.4 Å². The monoisotopic (exact) mass is 327 g/mol. The van der Waals surface area contributed by atoms with E-state index in [2.05, 4.69) is 10.6 Å². The molecule has 0 saturated heterocycles. The van der Waals surface area contributed by atoms with Gasteiger partial charge >= 0.3 is 6.03 Å². The number of ether oxygens (including phenoxy) is 1. The number of carboxylic acids is 1. The van der Waals surface area contributed by atoms with Gasteiger partial charge in [0.25, 0.3) is 0 Å². The lowest BCUT2D eigenvalue weighted by atomic mass is 10.1. The van der Waals surface area contributed by atoms with Crippen LogP contribution in [0.2, 0.25) is 0 Å². The van der Waals surface area contributed by atoms with Gasteiger partial charge in [-0.1, -0.05) is 42.5 Å². The van der Waals surface area contributed by atoms with E-state index in [4.69, 9.17) is 4.74 Å². The van der Waals surface area contributed by atoms with Crippen molar-refractivity contribution in [3.63, 3.8) is 0 Å². The Labute approximate surface area is 140 Å². The Kier molecular flexibility index (Phi) is 6.19. The second-order valence-corrected chi connectivity index (χ2v) is 5.24. The summed E-state index contributed by atoms with van der Waals surface area (Å²) in [4.78, 5) is 23.2. The molecule has 2 amide bonds. The zero-order valence-electron chi connectivity index (χ0n) is 13.3. The first-order valence-corrected chi connectivity index (χ1v) is 7.50. The Hall–Kier alpha value is -3.02. The summed E-state index contributed by atoms with van der Waals surface area (Å²) < 4.78 is 5.11. The Morgan fingerprint density at radius 3 is 2.46 bits per heavy atom. The summed E-state index contributed by atoms with van der Waals surface area (Å²) >= 11 is 0. The first-order chi connectivity index (χ1) is 11.6. The number of hydrogen-bond donors (Lipinski definition) is 2. The number of rotatable bonds is 7. The van der Waals surface area contributed by atoms with Gasteiger partial charge in [-0.2, -0.15) is 0 Å². The van der Waals surface area contributed by atoms with Crippen molar-refractivity contribution in [3.8, 4) is 5.75 Å². The van der Waals surface area contributed by atoms with Crippen LogP contribution >= 0.6 is 0 Å². The average molecular weight is 327 g/mol. The Bertz CT molecular complexity index is 688. The quantitative estimate of drug-likeness (QED) is 0.789. The number of benzene rings is 2. The minimum absolute atomic E-state index is 0.162. The number of carboxylic acid groups (broad SMARTS) is 1. The van der Waals surface area contributed by atoms with Crippen molar-refractivity contribution in [2.24, 2.45) is 0 Å². The van der Waals surface area contributed by atoms with E-state index in [9.17, 15) is 14.7 Å². The van der Waals surface area contributed by atoms with Gasteiger partial charge in [0.2, 0.25) is 0 Å². The van der Waals surface area contributed by atoms with Gasteiger partial charge in [-0.3, -0.25) is 0 Å². The Morgan fingerprint density at radius 2 is 1.79 bits per heavy atom. The molecule has 0 heterocycles. The smallest absolute Gasteiger partial charge is 0.315 e. The third kappa shape index (κ3) is 5.31. The molecule has 0 spiro atoms. The lowest BCUT2D eigenvalue weighted by molar-refractivity contribution is -0.308. The SMILES string of the molecule is COc1cccc(CNC(=O)N[C@@H](Cc2ccccc2)C(=O)[O-])c1. The fourth-order valence-corrected chi connectivity index (χ4v) is 2.22. The van der Waals surface area contributed by atoms with Crippen LogP contribution in [0.4, 0.5) is 4.79 Å². The summed E-state index contributed by atoms with van der Waals surface area (Å²) in [6.07, 6.45) is 0.162. The molecule has 0 aromatic heterocycles. The molecule has 0 unspecified atom stereocenters. The fourth-order valence-electron chi connectivity index (χ4n) is 2.22. The number of amides is 2. The molecule has 2 aromatic rings. The molecular weight excluding hydrogens is 308 g/mol. The number of aliphatic carboxylic acids is 1. The second kappa shape index (κ2) is 8.57. The minimum atomic E-state index is -1.32. The standard InChI is InChI=1S/C18H20N2O4/c1-24-15-9-5-8-14(10-15)12-19-18(23)20-16(17(21)22)11-13-6-3-2-4-7-13/h2-10,16H,11-12H2,1H3,(H,21,22)(H2,19,20,23)/p-1/t16-/m0/s1. The van der Waals surface area contributed by atoms with Crippen molar-refractivity contribution in [1.82, 2.24) is 10.6 Å². The Balaban J connectivity index is 1.89. The summed E-state index contributed by atoms with van der Waals surface area (Å²) in [6.45, 7) is 0.258. The predicted molar refractivity (Wildman–Crippen MR) is 87.3 cm³/mol. The average Bonchev–Trinajstić information content (AvgIpc) is 2.60. The molecule has 0 bridgehead atoms. The zero-order chi connectivity index (χ0) is 17.4. The topological polar surface area (TPSA) is 90.5 Å². The molecule has 2 aromatic carbocycles. The number of hydrogen-bond acceptors (Lipinski definition) is 4. The van der Waals surface area contributed by atoms with Gasteiger partial charge in [-0.05, 0) is 29.7 Å². The van der Waals surface area contributed by atoms with Gasteiger partial charge in [0, 0.05) is 6.54 Å². The second-order valence-electron chi connectivity index (χ2n) is 5.24. The van der Waals surface area contributed by atoms with Crippen molar-refractivity contribution in [3.05, 3.63) is 65.7 Å². The summed E-state index contributed by atoms with van der Waals surface area (Å²) in [6, 6.07) is 14.6. The van der Waals surface area contributed by atoms with E-state index < -0.39 is 18.0 Å². The first kappa shape index (κ1) is 17.3. The van der Waals surface area contributed by atoms with Crippen molar-refractivity contribution in [2.45, 2.75) is 19.0 Å². The number of methoxy groups -OCH3 is 1. The van der Waals surface area contributed by atoms with Gasteiger partial charge in [0.15, 0.2) is 0 Å². The van der Waals surface area contributed by atoms with Gasteiger partial charge in [-0.15, -0.1) is 0 Å². The van der Waals surface area contributed by atoms with Crippen LogP contribution in [0, 0.1) is 0 Å². The molecular formula is C18H19N2O4-. The number of urea groups is 1. The molecule has 24 heavy (non-hydrogen) atoms. The van der Waals surface area contributed by atoms with E-state index in [0.29, 0.717) is 5.75 Å².